The van der Waals surface area contributed by atoms with Crippen molar-refractivity contribution < 1.29 is 4.92 Å². The van der Waals surface area contributed by atoms with Gasteiger partial charge in [0.25, 0.3) is 5.69 Å². The van der Waals surface area contributed by atoms with Gasteiger partial charge in [-0.3, -0.25) is 10.1 Å². The van der Waals surface area contributed by atoms with Crippen LogP contribution in [0.15, 0.2) is 53.4 Å². The fourth-order valence-corrected chi connectivity index (χ4v) is 3.08. The molecular formula is C16H17NO2S. The average molecular weight is 287 g/mol. The van der Waals surface area contributed by atoms with E-state index in [-0.39, 0.29) is 10.6 Å². The van der Waals surface area contributed by atoms with Crippen LogP contribution in [0.1, 0.15) is 24.5 Å². The van der Waals surface area contributed by atoms with Crippen molar-refractivity contribution in [3.8, 4) is 0 Å². The van der Waals surface area contributed by atoms with Gasteiger partial charge in [-0.2, -0.15) is 0 Å². The summed E-state index contributed by atoms with van der Waals surface area (Å²) in [4.78, 5) is 11.6. The first-order chi connectivity index (χ1) is 9.70. The van der Waals surface area contributed by atoms with E-state index in [1.165, 1.54) is 11.1 Å². The van der Waals surface area contributed by atoms with Gasteiger partial charge in [0.15, 0.2) is 0 Å². The standard InChI is InChI=1S/C16H17NO2S/c1-2-6-14-9-10-15(17(18)19)11-16(14)20-12-13-7-4-3-5-8-13/h3-5,7-11H,2,6,12H2,1H3. The molecule has 0 spiro atoms. The third-order valence-corrected chi connectivity index (χ3v) is 4.19. The molecule has 0 saturated carbocycles. The Kier molecular flexibility index (Phi) is 5.18. The fraction of sp³-hybridized carbons (Fsp3) is 0.250. The highest BCUT2D eigenvalue weighted by atomic mass is 32.2. The van der Waals surface area contributed by atoms with E-state index < -0.39 is 0 Å². The second-order valence-electron chi connectivity index (χ2n) is 4.57. The van der Waals surface area contributed by atoms with Gasteiger partial charge in [-0.1, -0.05) is 49.7 Å². The Balaban J connectivity index is 2.19. The number of aryl methyl sites for hydroxylation is 1. The summed E-state index contributed by atoms with van der Waals surface area (Å²) in [5.74, 6) is 0.832. The zero-order chi connectivity index (χ0) is 14.4. The van der Waals surface area contributed by atoms with Crippen LogP contribution < -0.4 is 0 Å². The van der Waals surface area contributed by atoms with Gasteiger partial charge in [0, 0.05) is 22.8 Å². The summed E-state index contributed by atoms with van der Waals surface area (Å²) < 4.78 is 0. The second kappa shape index (κ2) is 7.10. The molecule has 2 aromatic carbocycles. The fourth-order valence-electron chi connectivity index (χ4n) is 2.00. The number of hydrogen-bond donors (Lipinski definition) is 0. The first-order valence-electron chi connectivity index (χ1n) is 6.64. The minimum atomic E-state index is -0.331. The molecule has 0 bridgehead atoms. The molecular weight excluding hydrogens is 270 g/mol. The molecule has 0 N–H and O–H groups in total. The largest absolute Gasteiger partial charge is 0.270 e. The lowest BCUT2D eigenvalue weighted by Gasteiger charge is -2.08. The Morgan fingerprint density at radius 2 is 1.90 bits per heavy atom. The number of nitrogens with zero attached hydrogens (tertiary/aromatic N) is 1. The lowest BCUT2D eigenvalue weighted by molar-refractivity contribution is -0.385. The maximum atomic E-state index is 10.9. The van der Waals surface area contributed by atoms with E-state index in [4.69, 9.17) is 0 Å². The number of rotatable bonds is 6. The van der Waals surface area contributed by atoms with Crippen LogP contribution in [0.5, 0.6) is 0 Å². The van der Waals surface area contributed by atoms with Gasteiger partial charge in [0.05, 0.1) is 4.92 Å². The first-order valence-corrected chi connectivity index (χ1v) is 7.63. The van der Waals surface area contributed by atoms with Gasteiger partial charge in [0.2, 0.25) is 0 Å². The SMILES string of the molecule is CCCc1ccc([N+](=O)[O-])cc1SCc1ccccc1. The first kappa shape index (κ1) is 14.6. The average Bonchev–Trinajstić information content (AvgIpc) is 2.47. The van der Waals surface area contributed by atoms with Crippen molar-refractivity contribution in [1.82, 2.24) is 0 Å². The topological polar surface area (TPSA) is 43.1 Å². The Morgan fingerprint density at radius 1 is 1.15 bits per heavy atom. The highest BCUT2D eigenvalue weighted by Gasteiger charge is 2.11. The second-order valence-corrected chi connectivity index (χ2v) is 5.59. The molecule has 0 aliphatic heterocycles. The molecule has 0 aliphatic carbocycles. The van der Waals surface area contributed by atoms with E-state index in [9.17, 15) is 10.1 Å². The Bertz CT molecular complexity index is 584. The van der Waals surface area contributed by atoms with Gasteiger partial charge < -0.3 is 0 Å². The summed E-state index contributed by atoms with van der Waals surface area (Å²) in [6.45, 7) is 2.12. The summed E-state index contributed by atoms with van der Waals surface area (Å²) in [7, 11) is 0. The van der Waals surface area contributed by atoms with E-state index in [0.717, 1.165) is 23.5 Å². The van der Waals surface area contributed by atoms with Crippen LogP contribution in [0.4, 0.5) is 5.69 Å². The van der Waals surface area contributed by atoms with Crippen molar-refractivity contribution in [3.05, 3.63) is 69.8 Å². The van der Waals surface area contributed by atoms with E-state index in [2.05, 4.69) is 19.1 Å². The van der Waals surface area contributed by atoms with Crippen molar-refractivity contribution in [2.45, 2.75) is 30.4 Å². The molecule has 3 nitrogen and oxygen atoms in total. The molecule has 20 heavy (non-hydrogen) atoms. The smallest absolute Gasteiger partial charge is 0.258 e. The molecule has 0 aliphatic rings. The zero-order valence-electron chi connectivity index (χ0n) is 11.4. The summed E-state index contributed by atoms with van der Waals surface area (Å²) in [5.41, 5.74) is 2.59. The molecule has 0 unspecified atom stereocenters. The monoisotopic (exact) mass is 287 g/mol. The van der Waals surface area contributed by atoms with Crippen LogP contribution in [0, 0.1) is 10.1 Å². The van der Waals surface area contributed by atoms with Gasteiger partial charge in [-0.05, 0) is 17.5 Å². The van der Waals surface area contributed by atoms with Crippen LogP contribution in [-0.2, 0) is 12.2 Å². The summed E-state index contributed by atoms with van der Waals surface area (Å²) >= 11 is 1.67. The Hall–Kier alpha value is -1.81. The third-order valence-electron chi connectivity index (χ3n) is 3.02. The highest BCUT2D eigenvalue weighted by molar-refractivity contribution is 7.98. The third kappa shape index (κ3) is 3.84. The zero-order valence-corrected chi connectivity index (χ0v) is 12.2. The van der Waals surface area contributed by atoms with Crippen LogP contribution in [0.25, 0.3) is 0 Å². The molecule has 0 fully saturated rings. The summed E-state index contributed by atoms with van der Waals surface area (Å²) in [5, 5.41) is 10.9. The maximum Gasteiger partial charge on any atom is 0.270 e. The molecule has 2 aromatic rings. The van der Waals surface area contributed by atoms with Crippen LogP contribution >= 0.6 is 11.8 Å². The maximum absolute atomic E-state index is 10.9. The normalized spacial score (nSPS) is 10.4. The molecule has 0 radical (unpaired) electrons. The molecule has 0 saturated heterocycles. The molecule has 0 heterocycles. The summed E-state index contributed by atoms with van der Waals surface area (Å²) in [6, 6.07) is 15.3. The van der Waals surface area contributed by atoms with Crippen molar-refractivity contribution in [2.75, 3.05) is 0 Å². The van der Waals surface area contributed by atoms with Crippen molar-refractivity contribution in [2.24, 2.45) is 0 Å². The van der Waals surface area contributed by atoms with Crippen molar-refractivity contribution >= 4 is 17.4 Å². The number of benzene rings is 2. The van der Waals surface area contributed by atoms with Crippen molar-refractivity contribution in [3.63, 3.8) is 0 Å². The van der Waals surface area contributed by atoms with Gasteiger partial charge in [-0.25, -0.2) is 0 Å². The molecule has 0 aromatic heterocycles. The van der Waals surface area contributed by atoms with Crippen LogP contribution in [-0.4, -0.2) is 4.92 Å². The number of non-ortho nitro benzene ring substituents is 1. The Labute approximate surface area is 123 Å². The molecule has 2 rings (SSSR count). The van der Waals surface area contributed by atoms with Gasteiger partial charge in [0.1, 0.15) is 0 Å². The van der Waals surface area contributed by atoms with E-state index in [1.807, 2.05) is 24.3 Å². The van der Waals surface area contributed by atoms with Crippen LogP contribution in [0.3, 0.4) is 0 Å². The number of hydrogen-bond acceptors (Lipinski definition) is 3. The lowest BCUT2D eigenvalue weighted by atomic mass is 10.1. The molecule has 0 atom stereocenters. The quantitative estimate of drug-likeness (QED) is 0.434. The predicted molar refractivity (Wildman–Crippen MR) is 83.1 cm³/mol. The molecule has 104 valence electrons. The Morgan fingerprint density at radius 3 is 2.55 bits per heavy atom. The predicted octanol–water partition coefficient (Wildman–Crippen LogP) is 4.84. The summed E-state index contributed by atoms with van der Waals surface area (Å²) in [6.07, 6.45) is 1.99. The minimum absolute atomic E-state index is 0.167. The number of nitro benzene ring substituents is 1. The molecule has 0 amide bonds. The molecule has 4 heteroatoms. The van der Waals surface area contributed by atoms with E-state index in [0.29, 0.717) is 0 Å². The van der Waals surface area contributed by atoms with Gasteiger partial charge in [-0.15, -0.1) is 11.8 Å². The van der Waals surface area contributed by atoms with Crippen LogP contribution in [0.2, 0.25) is 0 Å². The minimum Gasteiger partial charge on any atom is -0.258 e. The van der Waals surface area contributed by atoms with E-state index in [1.54, 1.807) is 23.9 Å². The highest BCUT2D eigenvalue weighted by Crippen LogP contribution is 2.30. The van der Waals surface area contributed by atoms with E-state index >= 15 is 0 Å². The number of nitro groups is 1. The lowest BCUT2D eigenvalue weighted by Crippen LogP contribution is -1.93. The van der Waals surface area contributed by atoms with Crippen molar-refractivity contribution in [1.29, 1.82) is 0 Å². The van der Waals surface area contributed by atoms with Gasteiger partial charge >= 0.3 is 0 Å². The number of thioether (sulfide) groups is 1.